The Balaban J connectivity index is 2.14. The van der Waals surface area contributed by atoms with Crippen LogP contribution in [0, 0.1) is 0 Å². The summed E-state index contributed by atoms with van der Waals surface area (Å²) < 4.78 is 6.44. The number of carboxylic acids is 1. The molecule has 5 nitrogen and oxygen atoms in total. The van der Waals surface area contributed by atoms with E-state index in [1.807, 2.05) is 44.2 Å². The van der Waals surface area contributed by atoms with Crippen LogP contribution in [0.15, 0.2) is 90.0 Å². The summed E-state index contributed by atoms with van der Waals surface area (Å²) in [6.07, 6.45) is 4.85. The first-order chi connectivity index (χ1) is 17.3. The van der Waals surface area contributed by atoms with E-state index in [1.54, 1.807) is 42.5 Å². The second-order valence-corrected chi connectivity index (χ2v) is 9.57. The highest BCUT2D eigenvalue weighted by Crippen LogP contribution is 2.39. The van der Waals surface area contributed by atoms with Gasteiger partial charge >= 0.3 is 5.97 Å². The zero-order valence-electron chi connectivity index (χ0n) is 20.4. The molecule has 190 valence electrons. The van der Waals surface area contributed by atoms with Gasteiger partial charge in [0, 0.05) is 16.5 Å². The van der Waals surface area contributed by atoms with Crippen molar-refractivity contribution in [1.82, 2.24) is 4.90 Å². The Morgan fingerprint density at radius 2 is 1.83 bits per heavy atom. The van der Waals surface area contributed by atoms with Crippen molar-refractivity contribution in [3.8, 4) is 0 Å². The lowest BCUT2D eigenvalue weighted by atomic mass is 9.89. The van der Waals surface area contributed by atoms with Crippen LogP contribution in [0.4, 0.5) is 0 Å². The molecular formula is C29H31Cl2NO4. The van der Waals surface area contributed by atoms with Gasteiger partial charge in [0.1, 0.15) is 18.2 Å². The van der Waals surface area contributed by atoms with Gasteiger partial charge in [0.2, 0.25) is 0 Å². The molecule has 1 N–H and O–H groups in total. The number of allylic oxidation sites excluding steroid dienone is 3. The van der Waals surface area contributed by atoms with Crippen molar-refractivity contribution < 1.29 is 19.4 Å². The molecule has 0 unspecified atom stereocenters. The predicted molar refractivity (Wildman–Crippen MR) is 144 cm³/mol. The number of aliphatic carboxylic acids is 1. The average molecular weight is 528 g/mol. The number of hydrogen-bond donors (Lipinski definition) is 1. The minimum Gasteiger partial charge on any atom is -0.480 e. The van der Waals surface area contributed by atoms with Crippen LogP contribution in [-0.4, -0.2) is 40.1 Å². The van der Waals surface area contributed by atoms with Crippen LogP contribution >= 0.6 is 23.2 Å². The third kappa shape index (κ3) is 6.67. The molecule has 0 saturated carbocycles. The Morgan fingerprint density at radius 3 is 2.42 bits per heavy atom. The second kappa shape index (κ2) is 12.9. The van der Waals surface area contributed by atoms with Crippen molar-refractivity contribution in [3.05, 3.63) is 106 Å². The predicted octanol–water partition coefficient (Wildman–Crippen LogP) is 6.73. The SMILES string of the molecule is C=C(/C=C\C(Cl)=C/C)[C@@H]1O[C@@H](Cc2ccccc2)C(=O)N([C@H](CCC)C(=O)O)[C@@H]1c1ccc(Cl)cc1. The third-order valence-electron chi connectivity index (χ3n) is 6.18. The first-order valence-corrected chi connectivity index (χ1v) is 12.7. The Morgan fingerprint density at radius 1 is 1.17 bits per heavy atom. The first-order valence-electron chi connectivity index (χ1n) is 11.9. The molecule has 1 fully saturated rings. The Bertz CT molecular complexity index is 1130. The lowest BCUT2D eigenvalue weighted by Crippen LogP contribution is -2.59. The molecule has 4 atom stereocenters. The van der Waals surface area contributed by atoms with E-state index in [9.17, 15) is 14.7 Å². The number of carboxylic acid groups (broad SMARTS) is 1. The molecule has 2 aromatic rings. The molecule has 0 spiro atoms. The van der Waals surface area contributed by atoms with E-state index in [0.29, 0.717) is 40.5 Å². The number of halogens is 2. The van der Waals surface area contributed by atoms with Crippen molar-refractivity contribution in [2.45, 2.75) is 57.4 Å². The van der Waals surface area contributed by atoms with Gasteiger partial charge in [-0.2, -0.15) is 0 Å². The summed E-state index contributed by atoms with van der Waals surface area (Å²) in [5.41, 5.74) is 2.20. The molecule has 0 bridgehead atoms. The van der Waals surface area contributed by atoms with Crippen molar-refractivity contribution in [1.29, 1.82) is 0 Å². The average Bonchev–Trinajstić information content (AvgIpc) is 2.87. The van der Waals surface area contributed by atoms with Gasteiger partial charge in [-0.3, -0.25) is 4.79 Å². The largest absolute Gasteiger partial charge is 0.480 e. The lowest BCUT2D eigenvalue weighted by molar-refractivity contribution is -0.179. The van der Waals surface area contributed by atoms with Crippen LogP contribution in [0.3, 0.4) is 0 Å². The summed E-state index contributed by atoms with van der Waals surface area (Å²) >= 11 is 12.3. The van der Waals surface area contributed by atoms with E-state index >= 15 is 0 Å². The number of amides is 1. The first kappa shape index (κ1) is 27.7. The van der Waals surface area contributed by atoms with Gasteiger partial charge in [-0.05, 0) is 48.3 Å². The van der Waals surface area contributed by atoms with Crippen molar-refractivity contribution in [3.63, 3.8) is 0 Å². The smallest absolute Gasteiger partial charge is 0.326 e. The van der Waals surface area contributed by atoms with E-state index in [0.717, 1.165) is 5.56 Å². The summed E-state index contributed by atoms with van der Waals surface area (Å²) in [4.78, 5) is 27.8. The number of carbonyl (C=O) groups excluding carboxylic acids is 1. The Hall–Kier alpha value is -2.86. The molecule has 1 saturated heterocycles. The Kier molecular flexibility index (Phi) is 9.94. The molecule has 2 aromatic carbocycles. The van der Waals surface area contributed by atoms with Gasteiger partial charge in [-0.1, -0.05) is 97.7 Å². The van der Waals surface area contributed by atoms with Crippen LogP contribution in [0.5, 0.6) is 0 Å². The number of morpholine rings is 1. The molecular weight excluding hydrogens is 497 g/mol. The minimum atomic E-state index is -1.05. The number of carbonyl (C=O) groups is 2. The molecule has 1 heterocycles. The second-order valence-electron chi connectivity index (χ2n) is 8.70. The molecule has 1 amide bonds. The van der Waals surface area contributed by atoms with E-state index in [2.05, 4.69) is 6.58 Å². The molecule has 7 heteroatoms. The molecule has 1 aliphatic heterocycles. The van der Waals surface area contributed by atoms with Crippen LogP contribution in [0.25, 0.3) is 0 Å². The monoisotopic (exact) mass is 527 g/mol. The van der Waals surface area contributed by atoms with Gasteiger partial charge < -0.3 is 14.7 Å². The number of nitrogens with zero attached hydrogens (tertiary/aromatic N) is 1. The van der Waals surface area contributed by atoms with Crippen LogP contribution < -0.4 is 0 Å². The van der Waals surface area contributed by atoms with Gasteiger partial charge in [-0.15, -0.1) is 0 Å². The van der Waals surface area contributed by atoms with Gasteiger partial charge in [-0.25, -0.2) is 4.79 Å². The number of benzene rings is 2. The van der Waals surface area contributed by atoms with Gasteiger partial charge in [0.05, 0.1) is 6.04 Å². The van der Waals surface area contributed by atoms with Crippen LogP contribution in [0.1, 0.15) is 43.9 Å². The quantitative estimate of drug-likeness (QED) is 0.348. The van der Waals surface area contributed by atoms with Crippen molar-refractivity contribution in [2.24, 2.45) is 0 Å². The fourth-order valence-electron chi connectivity index (χ4n) is 4.39. The van der Waals surface area contributed by atoms with Crippen molar-refractivity contribution in [2.75, 3.05) is 0 Å². The van der Waals surface area contributed by atoms with Crippen molar-refractivity contribution >= 4 is 35.1 Å². The maximum Gasteiger partial charge on any atom is 0.326 e. The van der Waals surface area contributed by atoms with Gasteiger partial charge in [0.25, 0.3) is 5.91 Å². The summed E-state index contributed by atoms with van der Waals surface area (Å²) in [6, 6.07) is 14.8. The number of ether oxygens (including phenoxy) is 1. The topological polar surface area (TPSA) is 66.8 Å². The normalized spacial score (nSPS) is 21.6. The maximum absolute atomic E-state index is 13.9. The van der Waals surface area contributed by atoms with E-state index in [4.69, 9.17) is 27.9 Å². The van der Waals surface area contributed by atoms with Gasteiger partial charge in [0.15, 0.2) is 0 Å². The third-order valence-corrected chi connectivity index (χ3v) is 6.78. The summed E-state index contributed by atoms with van der Waals surface area (Å²) in [5, 5.41) is 11.2. The molecule has 0 radical (unpaired) electrons. The Labute approximate surface area is 222 Å². The number of hydrogen-bond acceptors (Lipinski definition) is 3. The zero-order chi connectivity index (χ0) is 26.2. The lowest BCUT2D eigenvalue weighted by Gasteiger charge is -2.47. The maximum atomic E-state index is 13.9. The van der Waals surface area contributed by atoms with E-state index in [1.165, 1.54) is 4.90 Å². The fourth-order valence-corrected chi connectivity index (χ4v) is 4.58. The number of rotatable bonds is 10. The standard InChI is InChI=1S/C29H31Cl2NO4/c1-4-9-24(29(34)35)32-26(21-13-16-23(31)17-14-21)27(19(3)12-15-22(30)5-2)36-25(28(32)33)18-20-10-7-6-8-11-20/h5-8,10-17,24-27H,3-4,9,18H2,1-2H3,(H,34,35)/b15-12-,22-5+/t24-,25+,26-,27+/m1/s1. The molecule has 36 heavy (non-hydrogen) atoms. The summed E-state index contributed by atoms with van der Waals surface area (Å²) in [6.45, 7) is 7.94. The highest BCUT2D eigenvalue weighted by atomic mass is 35.5. The zero-order valence-corrected chi connectivity index (χ0v) is 22.0. The highest BCUT2D eigenvalue weighted by molar-refractivity contribution is 6.31. The molecule has 0 aromatic heterocycles. The van der Waals surface area contributed by atoms with E-state index in [-0.39, 0.29) is 5.91 Å². The van der Waals surface area contributed by atoms with E-state index < -0.39 is 30.3 Å². The summed E-state index contributed by atoms with van der Waals surface area (Å²) in [5.74, 6) is -1.42. The summed E-state index contributed by atoms with van der Waals surface area (Å²) in [7, 11) is 0. The fraction of sp³-hybridized carbons (Fsp3) is 0.310. The highest BCUT2D eigenvalue weighted by Gasteiger charge is 2.48. The molecule has 1 aliphatic rings. The molecule has 0 aliphatic carbocycles. The molecule has 3 rings (SSSR count). The van der Waals surface area contributed by atoms with Crippen LogP contribution in [0.2, 0.25) is 5.02 Å². The minimum absolute atomic E-state index is 0.308. The van der Waals surface area contributed by atoms with Crippen LogP contribution in [-0.2, 0) is 20.7 Å².